The largest absolute Gasteiger partial charge is 0.465 e. The van der Waals surface area contributed by atoms with Crippen molar-refractivity contribution in [3.63, 3.8) is 0 Å². The van der Waals surface area contributed by atoms with Gasteiger partial charge in [-0.25, -0.2) is 4.79 Å². The number of benzene rings is 1. The van der Waals surface area contributed by atoms with E-state index in [2.05, 4.69) is 15.5 Å². The fourth-order valence-corrected chi connectivity index (χ4v) is 5.21. The normalized spacial score (nSPS) is 11.0. The Balaban J connectivity index is 1.83. The zero-order chi connectivity index (χ0) is 21.8. The Morgan fingerprint density at radius 1 is 1.20 bits per heavy atom. The highest BCUT2D eigenvalue weighted by Crippen LogP contribution is 2.40. The molecule has 9 heteroatoms. The van der Waals surface area contributed by atoms with Gasteiger partial charge in [0.1, 0.15) is 16.4 Å². The topological polar surface area (TPSA) is 86.1 Å². The first-order valence-electron chi connectivity index (χ1n) is 9.44. The summed E-state index contributed by atoms with van der Waals surface area (Å²) in [5.74, 6) is 0.267. The number of hydrogen-bond acceptors (Lipinski definition) is 7. The number of rotatable bonds is 7. The van der Waals surface area contributed by atoms with Crippen LogP contribution in [0.5, 0.6) is 0 Å². The van der Waals surface area contributed by atoms with E-state index in [1.807, 2.05) is 62.6 Å². The van der Waals surface area contributed by atoms with Gasteiger partial charge in [0.15, 0.2) is 5.16 Å². The predicted molar refractivity (Wildman–Crippen MR) is 120 cm³/mol. The van der Waals surface area contributed by atoms with Crippen LogP contribution in [0.25, 0.3) is 11.1 Å². The molecule has 0 spiro atoms. The summed E-state index contributed by atoms with van der Waals surface area (Å²) >= 11 is 2.68. The Kier molecular flexibility index (Phi) is 6.94. The molecule has 0 aliphatic carbocycles. The SMILES string of the molecule is COC(=O)c1c(NC(=O)CSc2nnc(C)n2C(C)C)sc(C)c1-c1ccccc1. The number of ether oxygens (including phenoxy) is 1. The number of nitrogens with one attached hydrogen (secondary N) is 1. The summed E-state index contributed by atoms with van der Waals surface area (Å²) in [4.78, 5) is 26.1. The van der Waals surface area contributed by atoms with Crippen molar-refractivity contribution < 1.29 is 14.3 Å². The van der Waals surface area contributed by atoms with Gasteiger partial charge in [-0.15, -0.1) is 21.5 Å². The third-order valence-electron chi connectivity index (χ3n) is 4.47. The minimum absolute atomic E-state index is 0.156. The highest BCUT2D eigenvalue weighted by molar-refractivity contribution is 7.99. The van der Waals surface area contributed by atoms with Crippen LogP contribution in [0.4, 0.5) is 5.00 Å². The molecule has 0 unspecified atom stereocenters. The zero-order valence-corrected chi connectivity index (χ0v) is 19.2. The number of amides is 1. The van der Waals surface area contributed by atoms with Gasteiger partial charge in [-0.05, 0) is 33.3 Å². The number of thiophene rings is 1. The van der Waals surface area contributed by atoms with Crippen molar-refractivity contribution in [1.29, 1.82) is 0 Å². The Labute approximate surface area is 183 Å². The second kappa shape index (κ2) is 9.44. The molecule has 0 aliphatic heterocycles. The standard InChI is InChI=1S/C21H24N4O3S2/c1-12(2)25-14(4)23-24-21(25)29-11-16(26)22-19-18(20(27)28-5)17(13(3)30-19)15-9-7-6-8-10-15/h6-10,12H,11H2,1-5H3,(H,22,26). The first kappa shape index (κ1) is 22.0. The van der Waals surface area contributed by atoms with Gasteiger partial charge in [-0.3, -0.25) is 4.79 Å². The van der Waals surface area contributed by atoms with E-state index in [1.54, 1.807) is 0 Å². The van der Waals surface area contributed by atoms with Crippen LogP contribution in [-0.4, -0.2) is 39.5 Å². The average molecular weight is 445 g/mol. The first-order valence-corrected chi connectivity index (χ1v) is 11.2. The molecule has 0 saturated carbocycles. The molecule has 158 valence electrons. The molecule has 0 atom stereocenters. The molecular formula is C21H24N4O3S2. The van der Waals surface area contributed by atoms with E-state index in [0.717, 1.165) is 21.8 Å². The molecule has 0 radical (unpaired) electrons. The second-order valence-electron chi connectivity index (χ2n) is 6.93. The maximum absolute atomic E-state index is 12.7. The van der Waals surface area contributed by atoms with Gasteiger partial charge in [0.2, 0.25) is 5.91 Å². The molecule has 3 rings (SSSR count). The Morgan fingerprint density at radius 3 is 2.53 bits per heavy atom. The molecule has 30 heavy (non-hydrogen) atoms. The van der Waals surface area contributed by atoms with E-state index in [9.17, 15) is 9.59 Å². The quantitative estimate of drug-likeness (QED) is 0.419. The van der Waals surface area contributed by atoms with E-state index < -0.39 is 5.97 Å². The van der Waals surface area contributed by atoms with E-state index >= 15 is 0 Å². The molecule has 3 aromatic rings. The zero-order valence-electron chi connectivity index (χ0n) is 17.6. The maximum Gasteiger partial charge on any atom is 0.341 e. The number of esters is 1. The minimum Gasteiger partial charge on any atom is -0.465 e. The highest BCUT2D eigenvalue weighted by Gasteiger charge is 2.25. The fraction of sp³-hybridized carbons (Fsp3) is 0.333. The van der Waals surface area contributed by atoms with Gasteiger partial charge in [0, 0.05) is 16.5 Å². The summed E-state index contributed by atoms with van der Waals surface area (Å²) in [6.45, 7) is 7.91. The average Bonchev–Trinajstić information content (AvgIpc) is 3.25. The Hall–Kier alpha value is -2.65. The minimum atomic E-state index is -0.476. The van der Waals surface area contributed by atoms with Crippen LogP contribution >= 0.6 is 23.1 Å². The third kappa shape index (κ3) is 4.57. The summed E-state index contributed by atoms with van der Waals surface area (Å²) in [6, 6.07) is 9.81. The van der Waals surface area contributed by atoms with Gasteiger partial charge in [-0.1, -0.05) is 42.1 Å². The lowest BCUT2D eigenvalue weighted by Crippen LogP contribution is -2.16. The molecule has 2 heterocycles. The molecule has 1 aromatic carbocycles. The van der Waals surface area contributed by atoms with Crippen molar-refractivity contribution >= 4 is 40.0 Å². The molecule has 2 aromatic heterocycles. The van der Waals surface area contributed by atoms with E-state index in [-0.39, 0.29) is 17.7 Å². The lowest BCUT2D eigenvalue weighted by Gasteiger charge is -2.11. The third-order valence-corrected chi connectivity index (χ3v) is 6.44. The van der Waals surface area contributed by atoms with Crippen LogP contribution < -0.4 is 5.32 Å². The van der Waals surface area contributed by atoms with Crippen molar-refractivity contribution in [2.75, 3.05) is 18.2 Å². The van der Waals surface area contributed by atoms with E-state index in [4.69, 9.17) is 4.74 Å². The van der Waals surface area contributed by atoms with Gasteiger partial charge in [0.25, 0.3) is 0 Å². The highest BCUT2D eigenvalue weighted by atomic mass is 32.2. The van der Waals surface area contributed by atoms with Crippen LogP contribution in [0, 0.1) is 13.8 Å². The van der Waals surface area contributed by atoms with E-state index in [1.165, 1.54) is 30.2 Å². The molecule has 0 saturated heterocycles. The van der Waals surface area contributed by atoms with Crippen LogP contribution in [-0.2, 0) is 9.53 Å². The molecular weight excluding hydrogens is 420 g/mol. The van der Waals surface area contributed by atoms with Gasteiger partial charge in [0.05, 0.1) is 12.9 Å². The first-order chi connectivity index (χ1) is 14.3. The summed E-state index contributed by atoms with van der Waals surface area (Å²) < 4.78 is 6.98. The summed E-state index contributed by atoms with van der Waals surface area (Å²) in [7, 11) is 1.34. The Bertz CT molecular complexity index is 1060. The number of carbonyl (C=O) groups excluding carboxylic acids is 2. The second-order valence-corrected chi connectivity index (χ2v) is 9.09. The van der Waals surface area contributed by atoms with Crippen molar-refractivity contribution in [3.8, 4) is 11.1 Å². The summed E-state index contributed by atoms with van der Waals surface area (Å²) in [5, 5.41) is 12.3. The van der Waals surface area contributed by atoms with Crippen LogP contribution in [0.3, 0.4) is 0 Å². The fourth-order valence-electron chi connectivity index (χ4n) is 3.22. The predicted octanol–water partition coefficient (Wildman–Crippen LogP) is 4.72. The molecule has 7 nitrogen and oxygen atoms in total. The number of aryl methyl sites for hydroxylation is 2. The van der Waals surface area contributed by atoms with Crippen molar-refractivity contribution in [1.82, 2.24) is 14.8 Å². The van der Waals surface area contributed by atoms with Crippen LogP contribution in [0.15, 0.2) is 35.5 Å². The van der Waals surface area contributed by atoms with Crippen molar-refractivity contribution in [3.05, 3.63) is 46.6 Å². The lowest BCUT2D eigenvalue weighted by atomic mass is 10.0. The van der Waals surface area contributed by atoms with Crippen molar-refractivity contribution in [2.24, 2.45) is 0 Å². The lowest BCUT2D eigenvalue weighted by molar-refractivity contribution is -0.113. The number of carbonyl (C=O) groups is 2. The number of hydrogen-bond donors (Lipinski definition) is 1. The number of anilines is 1. The number of nitrogens with zero attached hydrogens (tertiary/aromatic N) is 3. The monoisotopic (exact) mass is 444 g/mol. The summed E-state index contributed by atoms with van der Waals surface area (Å²) in [5.41, 5.74) is 2.07. The molecule has 0 bridgehead atoms. The van der Waals surface area contributed by atoms with Crippen molar-refractivity contribution in [2.45, 2.75) is 38.9 Å². The molecule has 1 amide bonds. The smallest absolute Gasteiger partial charge is 0.341 e. The van der Waals surface area contributed by atoms with Gasteiger partial charge < -0.3 is 14.6 Å². The Morgan fingerprint density at radius 2 is 1.90 bits per heavy atom. The maximum atomic E-state index is 12.7. The molecule has 0 fully saturated rings. The van der Waals surface area contributed by atoms with Crippen LogP contribution in [0.1, 0.15) is 40.9 Å². The number of methoxy groups -OCH3 is 1. The van der Waals surface area contributed by atoms with E-state index in [0.29, 0.717) is 15.7 Å². The summed E-state index contributed by atoms with van der Waals surface area (Å²) in [6.07, 6.45) is 0. The van der Waals surface area contributed by atoms with Crippen LogP contribution in [0.2, 0.25) is 0 Å². The van der Waals surface area contributed by atoms with Gasteiger partial charge in [-0.2, -0.15) is 0 Å². The molecule has 0 aliphatic rings. The van der Waals surface area contributed by atoms with Gasteiger partial charge >= 0.3 is 5.97 Å². The molecule has 1 N–H and O–H groups in total. The number of thioether (sulfide) groups is 1. The number of aromatic nitrogens is 3.